The second kappa shape index (κ2) is 8.46. The maximum atomic E-state index is 12.9. The summed E-state index contributed by atoms with van der Waals surface area (Å²) in [6, 6.07) is 8.51. The quantitative estimate of drug-likeness (QED) is 0.796. The van der Waals surface area contributed by atoms with E-state index in [1.165, 1.54) is 7.11 Å². The topological polar surface area (TPSA) is 80.8 Å². The third-order valence-electron chi connectivity index (χ3n) is 5.10. The van der Waals surface area contributed by atoms with Gasteiger partial charge in [-0.15, -0.1) is 0 Å². The van der Waals surface area contributed by atoms with Crippen molar-refractivity contribution in [1.29, 1.82) is 0 Å². The minimum atomic E-state index is -3.76. The Bertz CT molecular complexity index is 929. The van der Waals surface area contributed by atoms with Crippen molar-refractivity contribution in [3.63, 3.8) is 0 Å². The van der Waals surface area contributed by atoms with Gasteiger partial charge in [0, 0.05) is 32.3 Å². The zero-order chi connectivity index (χ0) is 20.3. The average Bonchev–Trinajstić information content (AvgIpc) is 2.88. The van der Waals surface area contributed by atoms with Crippen LogP contribution in [0.1, 0.15) is 29.8 Å². The normalized spacial score (nSPS) is 16.1. The van der Waals surface area contributed by atoms with Gasteiger partial charge in [-0.2, -0.15) is 0 Å². The van der Waals surface area contributed by atoms with Gasteiger partial charge in [0.2, 0.25) is 5.88 Å². The van der Waals surface area contributed by atoms with Gasteiger partial charge in [0.05, 0.1) is 18.1 Å². The molecule has 152 valence electrons. The van der Waals surface area contributed by atoms with Crippen LogP contribution in [0, 0.1) is 0 Å². The van der Waals surface area contributed by atoms with Crippen LogP contribution in [-0.2, 0) is 27.6 Å². The largest absolute Gasteiger partial charge is 0.479 e. The fourth-order valence-corrected chi connectivity index (χ4v) is 4.26. The molecule has 2 aromatic rings. The zero-order valence-electron chi connectivity index (χ0n) is 16.7. The van der Waals surface area contributed by atoms with Gasteiger partial charge < -0.3 is 14.4 Å². The van der Waals surface area contributed by atoms with Gasteiger partial charge in [0.25, 0.3) is 10.0 Å². The molecule has 1 N–H and O–H groups in total. The highest BCUT2D eigenvalue weighted by Gasteiger charge is 2.21. The van der Waals surface area contributed by atoms with E-state index >= 15 is 0 Å². The SMILES string of the molecule is COc1nc2c(cc1NS(=O)(=O)c1ccc([C@H](C)OC)cc1)CCN(C)CC2. The molecule has 0 saturated carbocycles. The number of hydrogen-bond acceptors (Lipinski definition) is 6. The molecular formula is C20H27N3O4S. The Morgan fingerprint density at radius 3 is 2.46 bits per heavy atom. The number of nitrogens with one attached hydrogen (secondary N) is 1. The van der Waals surface area contributed by atoms with Crippen LogP contribution in [0.4, 0.5) is 5.69 Å². The van der Waals surface area contributed by atoms with Crippen molar-refractivity contribution >= 4 is 15.7 Å². The fourth-order valence-electron chi connectivity index (χ4n) is 3.21. The number of anilines is 1. The van der Waals surface area contributed by atoms with E-state index < -0.39 is 10.0 Å². The molecule has 0 fully saturated rings. The van der Waals surface area contributed by atoms with Gasteiger partial charge in [0.15, 0.2) is 0 Å². The molecular weight excluding hydrogens is 378 g/mol. The Kier molecular flexibility index (Phi) is 6.22. The van der Waals surface area contributed by atoms with Crippen molar-refractivity contribution in [1.82, 2.24) is 9.88 Å². The summed E-state index contributed by atoms with van der Waals surface area (Å²) in [6.07, 6.45) is 1.53. The first-order valence-corrected chi connectivity index (χ1v) is 10.7. The molecule has 28 heavy (non-hydrogen) atoms. The number of ether oxygens (including phenoxy) is 2. The lowest BCUT2D eigenvalue weighted by molar-refractivity contribution is 0.119. The molecule has 0 bridgehead atoms. The van der Waals surface area contributed by atoms with Crippen LogP contribution in [-0.4, -0.2) is 52.7 Å². The van der Waals surface area contributed by atoms with E-state index in [9.17, 15) is 8.42 Å². The standard InChI is InChI=1S/C20H27N3O4S/c1-14(26-3)15-5-7-17(8-6-15)28(24,25)22-19-13-16-9-11-23(2)12-10-18(16)21-20(19)27-4/h5-8,13-14,22H,9-12H2,1-4H3/t14-/m0/s1. The Morgan fingerprint density at radius 2 is 1.82 bits per heavy atom. The second-order valence-electron chi connectivity index (χ2n) is 7.01. The van der Waals surface area contributed by atoms with Crippen LogP contribution in [0.25, 0.3) is 0 Å². The average molecular weight is 406 g/mol. The molecule has 1 aliphatic heterocycles. The summed E-state index contributed by atoms with van der Waals surface area (Å²) >= 11 is 0. The summed E-state index contributed by atoms with van der Waals surface area (Å²) in [6.45, 7) is 3.73. The van der Waals surface area contributed by atoms with E-state index in [-0.39, 0.29) is 16.9 Å². The molecule has 1 aromatic heterocycles. The van der Waals surface area contributed by atoms with E-state index in [1.807, 2.05) is 13.0 Å². The lowest BCUT2D eigenvalue weighted by atomic mass is 10.1. The first-order valence-electron chi connectivity index (χ1n) is 9.25. The first kappa shape index (κ1) is 20.6. The number of hydrogen-bond donors (Lipinski definition) is 1. The van der Waals surface area contributed by atoms with Crippen LogP contribution in [0.3, 0.4) is 0 Å². The van der Waals surface area contributed by atoms with Crippen LogP contribution in [0.2, 0.25) is 0 Å². The Labute approximate surface area is 166 Å². The summed E-state index contributed by atoms with van der Waals surface area (Å²) in [5.74, 6) is 0.288. The van der Waals surface area contributed by atoms with E-state index in [1.54, 1.807) is 31.4 Å². The third-order valence-corrected chi connectivity index (χ3v) is 6.48. The zero-order valence-corrected chi connectivity index (χ0v) is 17.5. The smallest absolute Gasteiger partial charge is 0.262 e. The van der Waals surface area contributed by atoms with E-state index in [0.717, 1.165) is 42.8 Å². The lowest BCUT2D eigenvalue weighted by Gasteiger charge is -2.15. The van der Waals surface area contributed by atoms with Crippen molar-refractivity contribution in [3.05, 3.63) is 47.2 Å². The summed E-state index contributed by atoms with van der Waals surface area (Å²) < 4.78 is 39.0. The number of sulfonamides is 1. The van der Waals surface area contributed by atoms with Gasteiger partial charge in [-0.25, -0.2) is 13.4 Å². The highest BCUT2D eigenvalue weighted by Crippen LogP contribution is 2.29. The van der Waals surface area contributed by atoms with Crippen LogP contribution in [0.15, 0.2) is 35.2 Å². The van der Waals surface area contributed by atoms with Gasteiger partial charge in [-0.05, 0) is 49.7 Å². The number of benzene rings is 1. The third kappa shape index (κ3) is 4.45. The molecule has 1 aromatic carbocycles. The Morgan fingerprint density at radius 1 is 1.14 bits per heavy atom. The summed E-state index contributed by atoms with van der Waals surface area (Å²) in [4.78, 5) is 6.97. The molecule has 8 heteroatoms. The van der Waals surface area contributed by atoms with Crippen LogP contribution < -0.4 is 9.46 Å². The molecule has 3 rings (SSSR count). The summed E-state index contributed by atoms with van der Waals surface area (Å²) in [7, 11) is 1.42. The van der Waals surface area contributed by atoms with Gasteiger partial charge in [0.1, 0.15) is 5.69 Å². The lowest BCUT2D eigenvalue weighted by Crippen LogP contribution is -2.20. The fraction of sp³-hybridized carbons (Fsp3) is 0.450. The highest BCUT2D eigenvalue weighted by atomic mass is 32.2. The number of pyridine rings is 1. The van der Waals surface area contributed by atoms with Gasteiger partial charge >= 0.3 is 0 Å². The van der Waals surface area contributed by atoms with E-state index in [0.29, 0.717) is 5.69 Å². The molecule has 1 atom stereocenters. The Hall–Kier alpha value is -2.16. The minimum absolute atomic E-state index is 0.100. The maximum absolute atomic E-state index is 12.9. The maximum Gasteiger partial charge on any atom is 0.262 e. The van der Waals surface area contributed by atoms with Crippen molar-refractivity contribution in [2.45, 2.75) is 30.8 Å². The van der Waals surface area contributed by atoms with Crippen molar-refractivity contribution < 1.29 is 17.9 Å². The van der Waals surface area contributed by atoms with E-state index in [4.69, 9.17) is 9.47 Å². The molecule has 0 radical (unpaired) electrons. The highest BCUT2D eigenvalue weighted by molar-refractivity contribution is 7.92. The molecule has 2 heterocycles. The van der Waals surface area contributed by atoms with Gasteiger partial charge in [-0.3, -0.25) is 4.72 Å². The predicted octanol–water partition coefficient (Wildman–Crippen LogP) is 2.63. The number of rotatable bonds is 6. The van der Waals surface area contributed by atoms with E-state index in [2.05, 4.69) is 21.7 Å². The second-order valence-corrected chi connectivity index (χ2v) is 8.69. The van der Waals surface area contributed by atoms with Crippen molar-refractivity contribution in [2.75, 3.05) is 39.1 Å². The molecule has 7 nitrogen and oxygen atoms in total. The van der Waals surface area contributed by atoms with Crippen LogP contribution in [0.5, 0.6) is 5.88 Å². The Balaban J connectivity index is 1.89. The molecule has 0 spiro atoms. The molecule has 1 aliphatic rings. The number of nitrogens with zero attached hydrogens (tertiary/aromatic N) is 2. The predicted molar refractivity (Wildman–Crippen MR) is 108 cm³/mol. The first-order chi connectivity index (χ1) is 13.3. The van der Waals surface area contributed by atoms with Crippen molar-refractivity contribution in [3.8, 4) is 5.88 Å². The molecule has 0 saturated heterocycles. The molecule has 0 aliphatic carbocycles. The number of methoxy groups -OCH3 is 2. The summed E-state index contributed by atoms with van der Waals surface area (Å²) in [5, 5.41) is 0. The molecule has 0 unspecified atom stereocenters. The number of aromatic nitrogens is 1. The number of likely N-dealkylation sites (N-methyl/N-ethyl adjacent to an activating group) is 1. The summed E-state index contributed by atoms with van der Waals surface area (Å²) in [5.41, 5.74) is 3.28. The molecule has 0 amide bonds. The van der Waals surface area contributed by atoms with Gasteiger partial charge in [-0.1, -0.05) is 12.1 Å². The van der Waals surface area contributed by atoms with Crippen molar-refractivity contribution in [2.24, 2.45) is 0 Å². The number of fused-ring (bicyclic) bond motifs is 1. The monoisotopic (exact) mass is 405 g/mol. The van der Waals surface area contributed by atoms with Crippen LogP contribution >= 0.6 is 0 Å². The minimum Gasteiger partial charge on any atom is -0.479 e.